The average Bonchev–Trinajstić information content (AvgIpc) is 2.80. The molecule has 0 spiro atoms. The van der Waals surface area contributed by atoms with Gasteiger partial charge in [0.15, 0.2) is 0 Å². The number of ether oxygens (including phenoxy) is 1. The molecule has 3 aromatic rings. The normalized spacial score (nSPS) is 16.3. The maximum Gasteiger partial charge on any atom is 0.127 e. The Morgan fingerprint density at radius 2 is 1.67 bits per heavy atom. The van der Waals surface area contributed by atoms with Gasteiger partial charge in [-0.05, 0) is 67.0 Å². The maximum atomic E-state index is 5.87. The highest BCUT2D eigenvalue weighted by Crippen LogP contribution is 2.26. The molecule has 0 amide bonds. The molecule has 1 N–H and O–H groups in total. The molecule has 4 rings (SSSR count). The Morgan fingerprint density at radius 3 is 2.37 bits per heavy atom. The number of benzene rings is 2. The second-order valence-corrected chi connectivity index (χ2v) is 8.44. The third kappa shape index (κ3) is 5.83. The number of para-hydroxylation sites is 1. The van der Waals surface area contributed by atoms with Crippen molar-refractivity contribution >= 4 is 11.9 Å². The Morgan fingerprint density at radius 1 is 0.933 bits per heavy atom. The molecule has 156 valence electrons. The molecular formula is C24H28N4OS. The van der Waals surface area contributed by atoms with Gasteiger partial charge in [-0.2, -0.15) is 0 Å². The fourth-order valence-corrected chi connectivity index (χ4v) is 4.25. The number of nitrogens with one attached hydrogen (secondary N) is 1. The number of aromatic nitrogens is 1. The van der Waals surface area contributed by atoms with Crippen molar-refractivity contribution in [3.05, 3.63) is 84.7 Å². The highest BCUT2D eigenvalue weighted by molar-refractivity contribution is 7.97. The van der Waals surface area contributed by atoms with Gasteiger partial charge in [-0.3, -0.25) is 14.6 Å². The molecule has 1 atom stereocenters. The first-order chi connectivity index (χ1) is 14.8. The van der Waals surface area contributed by atoms with E-state index in [9.17, 15) is 0 Å². The van der Waals surface area contributed by atoms with E-state index >= 15 is 0 Å². The van der Waals surface area contributed by atoms with Crippen LogP contribution in [-0.4, -0.2) is 54.6 Å². The van der Waals surface area contributed by atoms with Gasteiger partial charge >= 0.3 is 0 Å². The predicted molar refractivity (Wildman–Crippen MR) is 123 cm³/mol. The van der Waals surface area contributed by atoms with Crippen molar-refractivity contribution < 1.29 is 4.74 Å². The molecule has 1 fully saturated rings. The van der Waals surface area contributed by atoms with Crippen LogP contribution in [0, 0.1) is 0 Å². The fraction of sp³-hybridized carbons (Fsp3) is 0.292. The molecular weight excluding hydrogens is 392 g/mol. The highest BCUT2D eigenvalue weighted by Gasteiger charge is 2.23. The minimum atomic E-state index is 0.320. The zero-order valence-corrected chi connectivity index (χ0v) is 18.1. The van der Waals surface area contributed by atoms with E-state index in [1.807, 2.05) is 60.9 Å². The van der Waals surface area contributed by atoms with E-state index in [1.54, 1.807) is 11.9 Å². The number of rotatable bonds is 8. The van der Waals surface area contributed by atoms with Gasteiger partial charge in [0, 0.05) is 56.1 Å². The summed E-state index contributed by atoms with van der Waals surface area (Å²) in [5.41, 5.74) is 1.27. The van der Waals surface area contributed by atoms with Gasteiger partial charge in [0.05, 0.1) is 0 Å². The second-order valence-electron chi connectivity index (χ2n) is 7.48. The maximum absolute atomic E-state index is 5.87. The summed E-state index contributed by atoms with van der Waals surface area (Å²) in [5.74, 6) is 1.69. The van der Waals surface area contributed by atoms with Gasteiger partial charge in [-0.15, -0.1) is 0 Å². The molecule has 0 bridgehead atoms. The Labute approximate surface area is 183 Å². The van der Waals surface area contributed by atoms with Crippen LogP contribution in [0.15, 0.2) is 84.0 Å². The van der Waals surface area contributed by atoms with E-state index in [0.717, 1.165) is 44.2 Å². The van der Waals surface area contributed by atoms with Crippen LogP contribution in [-0.2, 0) is 0 Å². The van der Waals surface area contributed by atoms with Crippen molar-refractivity contribution in [2.24, 2.45) is 0 Å². The largest absolute Gasteiger partial charge is 0.457 e. The smallest absolute Gasteiger partial charge is 0.127 e. The molecule has 2 heterocycles. The summed E-state index contributed by atoms with van der Waals surface area (Å²) >= 11 is 1.66. The van der Waals surface area contributed by atoms with Crippen LogP contribution >= 0.6 is 11.9 Å². The van der Waals surface area contributed by atoms with E-state index in [2.05, 4.69) is 44.8 Å². The molecule has 2 aromatic carbocycles. The quantitative estimate of drug-likeness (QED) is 0.543. The van der Waals surface area contributed by atoms with Crippen LogP contribution in [0.2, 0.25) is 0 Å². The number of nitrogens with zero attached hydrogens (tertiary/aromatic N) is 3. The third-order valence-corrected chi connectivity index (χ3v) is 6.14. The summed E-state index contributed by atoms with van der Waals surface area (Å²) in [6.45, 7) is 5.23. The topological polar surface area (TPSA) is 40.6 Å². The van der Waals surface area contributed by atoms with Crippen LogP contribution < -0.4 is 9.46 Å². The predicted octanol–water partition coefficient (Wildman–Crippen LogP) is 4.46. The van der Waals surface area contributed by atoms with E-state index in [0.29, 0.717) is 6.04 Å². The Hall–Kier alpha value is -2.38. The number of hydrogen-bond donors (Lipinski definition) is 1. The Balaban J connectivity index is 1.33. The molecule has 0 saturated carbocycles. The zero-order chi connectivity index (χ0) is 20.6. The minimum absolute atomic E-state index is 0.320. The van der Waals surface area contributed by atoms with Crippen molar-refractivity contribution in [2.75, 3.05) is 39.8 Å². The molecule has 1 aliphatic rings. The summed E-state index contributed by atoms with van der Waals surface area (Å²) < 4.78 is 9.45. The number of hydrogen-bond acceptors (Lipinski definition) is 6. The van der Waals surface area contributed by atoms with E-state index in [1.165, 1.54) is 10.5 Å². The summed E-state index contributed by atoms with van der Waals surface area (Å²) in [5, 5.41) is 0. The first-order valence-electron chi connectivity index (χ1n) is 10.3. The lowest BCUT2D eigenvalue weighted by Gasteiger charge is -2.38. The van der Waals surface area contributed by atoms with Gasteiger partial charge in [0.1, 0.15) is 11.5 Å². The number of likely N-dealkylation sites (N-methyl/N-ethyl adjacent to an activating group) is 1. The van der Waals surface area contributed by atoms with Gasteiger partial charge in [0.25, 0.3) is 0 Å². The molecule has 0 aliphatic carbocycles. The lowest BCUT2D eigenvalue weighted by molar-refractivity contribution is 0.113. The van der Waals surface area contributed by atoms with E-state index in [-0.39, 0.29) is 0 Å². The van der Waals surface area contributed by atoms with Crippen LogP contribution in [0.25, 0.3) is 0 Å². The summed E-state index contributed by atoms with van der Waals surface area (Å²) in [7, 11) is 2.19. The zero-order valence-electron chi connectivity index (χ0n) is 17.3. The second kappa shape index (κ2) is 10.6. The first kappa shape index (κ1) is 20.9. The molecule has 0 radical (unpaired) electrons. The lowest BCUT2D eigenvalue weighted by Crippen LogP contribution is -2.47. The van der Waals surface area contributed by atoms with Crippen molar-refractivity contribution in [2.45, 2.75) is 10.9 Å². The van der Waals surface area contributed by atoms with Crippen LogP contribution in [0.1, 0.15) is 11.6 Å². The van der Waals surface area contributed by atoms with Crippen LogP contribution in [0.4, 0.5) is 0 Å². The van der Waals surface area contributed by atoms with Crippen LogP contribution in [0.3, 0.4) is 0 Å². The average molecular weight is 421 g/mol. The summed E-state index contributed by atoms with van der Waals surface area (Å²) in [6.07, 6.45) is 3.83. The molecule has 1 aromatic heterocycles. The van der Waals surface area contributed by atoms with Gasteiger partial charge in [-0.1, -0.05) is 24.3 Å². The monoisotopic (exact) mass is 420 g/mol. The molecule has 5 nitrogen and oxygen atoms in total. The van der Waals surface area contributed by atoms with Crippen molar-refractivity contribution in [1.82, 2.24) is 19.5 Å². The SMILES string of the molecule is CN1CCN(C(CNSc2ccc(Oc3ccccc3)cc2)c2cccnc2)CC1. The van der Waals surface area contributed by atoms with Crippen molar-refractivity contribution in [1.29, 1.82) is 0 Å². The van der Waals surface area contributed by atoms with Gasteiger partial charge in [-0.25, -0.2) is 0 Å². The lowest BCUT2D eigenvalue weighted by atomic mass is 10.1. The van der Waals surface area contributed by atoms with Gasteiger partial charge < -0.3 is 9.64 Å². The first-order valence-corrected chi connectivity index (χ1v) is 11.1. The van der Waals surface area contributed by atoms with Crippen molar-refractivity contribution in [3.63, 3.8) is 0 Å². The number of pyridine rings is 1. The van der Waals surface area contributed by atoms with Crippen molar-refractivity contribution in [3.8, 4) is 11.5 Å². The molecule has 6 heteroatoms. The van der Waals surface area contributed by atoms with E-state index < -0.39 is 0 Å². The Bertz CT molecular complexity index is 884. The summed E-state index contributed by atoms with van der Waals surface area (Å²) in [4.78, 5) is 10.4. The van der Waals surface area contributed by atoms with Crippen LogP contribution in [0.5, 0.6) is 11.5 Å². The highest BCUT2D eigenvalue weighted by atomic mass is 32.2. The molecule has 1 unspecified atom stereocenters. The van der Waals surface area contributed by atoms with Gasteiger partial charge in [0.2, 0.25) is 0 Å². The van der Waals surface area contributed by atoms with E-state index in [4.69, 9.17) is 4.74 Å². The minimum Gasteiger partial charge on any atom is -0.457 e. The fourth-order valence-electron chi connectivity index (χ4n) is 3.57. The standard InChI is InChI=1S/C24H28N4OS/c1-27-14-16-28(17-15-27)24(20-6-5-13-25-18-20)19-26-30-23-11-9-22(10-12-23)29-21-7-3-2-4-8-21/h2-13,18,24,26H,14-17,19H2,1H3. The third-order valence-electron chi connectivity index (χ3n) is 5.32. The molecule has 30 heavy (non-hydrogen) atoms. The summed E-state index contributed by atoms with van der Waals surface area (Å²) in [6, 6.07) is 22.6. The number of piperazine rings is 1. The Kier molecular flexibility index (Phi) is 7.37. The molecule has 1 saturated heterocycles. The molecule has 1 aliphatic heterocycles.